The molecule has 8 heteroatoms. The number of H-pyrrole nitrogens is 1. The van der Waals surface area contributed by atoms with Crippen LogP contribution in [0.5, 0.6) is 0 Å². The van der Waals surface area contributed by atoms with Gasteiger partial charge >= 0.3 is 0 Å². The number of aromatic amines is 1. The average molecular weight is 323 g/mol. The summed E-state index contributed by atoms with van der Waals surface area (Å²) in [6.07, 6.45) is 1.34. The van der Waals surface area contributed by atoms with E-state index in [0.29, 0.717) is 5.52 Å². The number of nitrogens with one attached hydrogen (secondary N) is 1. The molecule has 0 saturated heterocycles. The molecule has 7 nitrogen and oxygen atoms in total. The van der Waals surface area contributed by atoms with Gasteiger partial charge in [0, 0.05) is 45.3 Å². The highest BCUT2D eigenvalue weighted by Gasteiger charge is 2.20. The van der Waals surface area contributed by atoms with Gasteiger partial charge in [-0.25, -0.2) is 12.7 Å². The van der Waals surface area contributed by atoms with Gasteiger partial charge in [-0.1, -0.05) is 0 Å². The number of aromatic nitrogens is 1. The van der Waals surface area contributed by atoms with Gasteiger partial charge in [-0.15, -0.1) is 0 Å². The number of pyridine rings is 1. The quantitative estimate of drug-likeness (QED) is 0.889. The van der Waals surface area contributed by atoms with Crippen LogP contribution in [0.3, 0.4) is 0 Å². The number of carbonyl (C=O) groups excluding carboxylic acids is 1. The van der Waals surface area contributed by atoms with Crippen LogP contribution in [-0.2, 0) is 10.0 Å². The Morgan fingerprint density at radius 2 is 1.77 bits per heavy atom. The number of benzene rings is 1. The van der Waals surface area contributed by atoms with Crippen molar-refractivity contribution in [1.29, 1.82) is 0 Å². The van der Waals surface area contributed by atoms with E-state index in [9.17, 15) is 18.0 Å². The van der Waals surface area contributed by atoms with Crippen LogP contribution in [0.25, 0.3) is 10.9 Å². The first kappa shape index (κ1) is 16.2. The normalized spacial score (nSPS) is 11.9. The van der Waals surface area contributed by atoms with Gasteiger partial charge in [0.1, 0.15) is 5.56 Å². The SMILES string of the molecule is CN(C)C(=O)c1c[nH]c2ccc(S(=O)(=O)N(C)C)cc2c1=O. The second-order valence-electron chi connectivity index (χ2n) is 5.23. The highest BCUT2D eigenvalue weighted by Crippen LogP contribution is 2.18. The fourth-order valence-electron chi connectivity index (χ4n) is 1.97. The Labute approximate surface area is 128 Å². The van der Waals surface area contributed by atoms with Crippen molar-refractivity contribution >= 4 is 26.8 Å². The number of carbonyl (C=O) groups is 1. The number of hydrogen-bond acceptors (Lipinski definition) is 4. The summed E-state index contributed by atoms with van der Waals surface area (Å²) in [4.78, 5) is 28.6. The summed E-state index contributed by atoms with van der Waals surface area (Å²) in [5.74, 6) is -0.441. The molecule has 1 amide bonds. The molecule has 1 aromatic heterocycles. The number of rotatable bonds is 3. The van der Waals surface area contributed by atoms with Crippen LogP contribution in [0.2, 0.25) is 0 Å². The minimum absolute atomic E-state index is 0.00459. The van der Waals surface area contributed by atoms with Crippen LogP contribution in [-0.4, -0.2) is 56.7 Å². The van der Waals surface area contributed by atoms with E-state index in [2.05, 4.69) is 4.98 Å². The van der Waals surface area contributed by atoms with Gasteiger partial charge in [0.15, 0.2) is 0 Å². The summed E-state index contributed by atoms with van der Waals surface area (Å²) in [7, 11) is 2.26. The van der Waals surface area contributed by atoms with E-state index in [0.717, 1.165) is 4.31 Å². The van der Waals surface area contributed by atoms with Crippen LogP contribution in [0.1, 0.15) is 10.4 Å². The maximum absolute atomic E-state index is 12.4. The second kappa shape index (κ2) is 5.54. The number of sulfonamides is 1. The highest BCUT2D eigenvalue weighted by atomic mass is 32.2. The van der Waals surface area contributed by atoms with E-state index in [1.165, 1.54) is 43.4 Å². The van der Waals surface area contributed by atoms with Crippen molar-refractivity contribution in [3.05, 3.63) is 40.2 Å². The first-order chi connectivity index (χ1) is 10.2. The zero-order chi connectivity index (χ0) is 16.7. The predicted octanol–water partition coefficient (Wildman–Crippen LogP) is 0.480. The third-order valence-corrected chi connectivity index (χ3v) is 5.08. The monoisotopic (exact) mass is 323 g/mol. The Morgan fingerprint density at radius 3 is 2.32 bits per heavy atom. The van der Waals surface area contributed by atoms with Crippen molar-refractivity contribution < 1.29 is 13.2 Å². The first-order valence-electron chi connectivity index (χ1n) is 6.46. The van der Waals surface area contributed by atoms with Gasteiger partial charge in [-0.05, 0) is 18.2 Å². The molecule has 118 valence electrons. The lowest BCUT2D eigenvalue weighted by molar-refractivity contribution is 0.0826. The van der Waals surface area contributed by atoms with Crippen molar-refractivity contribution in [3.8, 4) is 0 Å². The maximum Gasteiger partial charge on any atom is 0.258 e. The smallest absolute Gasteiger partial charge is 0.258 e. The van der Waals surface area contributed by atoms with Crippen LogP contribution in [0, 0.1) is 0 Å². The molecule has 1 N–H and O–H groups in total. The molecule has 0 unspecified atom stereocenters. The van der Waals surface area contributed by atoms with Gasteiger partial charge in [0.05, 0.1) is 4.90 Å². The Kier molecular flexibility index (Phi) is 4.08. The molecular weight excluding hydrogens is 306 g/mol. The summed E-state index contributed by atoms with van der Waals surface area (Å²) in [5, 5.41) is 0.163. The molecule has 0 saturated carbocycles. The fourth-order valence-corrected chi connectivity index (χ4v) is 2.90. The summed E-state index contributed by atoms with van der Waals surface area (Å²) in [5.41, 5.74) is -0.0573. The van der Waals surface area contributed by atoms with Gasteiger partial charge < -0.3 is 9.88 Å². The van der Waals surface area contributed by atoms with Crippen molar-refractivity contribution in [2.45, 2.75) is 4.90 Å². The molecule has 0 aliphatic heterocycles. The number of fused-ring (bicyclic) bond motifs is 1. The molecule has 0 spiro atoms. The molecule has 0 fully saturated rings. The molecule has 0 aliphatic rings. The summed E-state index contributed by atoms with van der Waals surface area (Å²) in [6.45, 7) is 0. The Bertz CT molecular complexity index is 898. The lowest BCUT2D eigenvalue weighted by Gasteiger charge is -2.13. The number of hydrogen-bond donors (Lipinski definition) is 1. The lowest BCUT2D eigenvalue weighted by Crippen LogP contribution is -2.28. The van der Waals surface area contributed by atoms with Crippen molar-refractivity contribution in [2.24, 2.45) is 0 Å². The van der Waals surface area contributed by atoms with E-state index in [1.54, 1.807) is 14.1 Å². The molecule has 1 heterocycles. The molecule has 2 aromatic rings. The topological polar surface area (TPSA) is 90.6 Å². The first-order valence-corrected chi connectivity index (χ1v) is 7.90. The molecule has 0 aliphatic carbocycles. The van der Waals surface area contributed by atoms with Crippen LogP contribution < -0.4 is 5.43 Å². The molecule has 1 aromatic carbocycles. The van der Waals surface area contributed by atoms with E-state index < -0.39 is 21.4 Å². The van der Waals surface area contributed by atoms with Crippen LogP contribution in [0.15, 0.2) is 34.1 Å². The molecular formula is C14H17N3O4S. The molecule has 22 heavy (non-hydrogen) atoms. The molecule has 0 radical (unpaired) electrons. The Hall–Kier alpha value is -2.19. The lowest BCUT2D eigenvalue weighted by atomic mass is 10.1. The molecule has 0 bridgehead atoms. The summed E-state index contributed by atoms with van der Waals surface area (Å²) in [6, 6.07) is 4.22. The van der Waals surface area contributed by atoms with Gasteiger partial charge in [0.2, 0.25) is 15.5 Å². The standard InChI is InChI=1S/C14H17N3O4S/c1-16(2)14(19)11-8-15-12-6-5-9(7-10(12)13(11)18)22(20,21)17(3)4/h5-8H,1-4H3,(H,15,18). The number of nitrogens with zero attached hydrogens (tertiary/aromatic N) is 2. The summed E-state index contributed by atoms with van der Waals surface area (Å²) >= 11 is 0. The Balaban J connectivity index is 2.74. The van der Waals surface area contributed by atoms with E-state index in [-0.39, 0.29) is 15.8 Å². The van der Waals surface area contributed by atoms with E-state index in [4.69, 9.17) is 0 Å². The maximum atomic E-state index is 12.4. The van der Waals surface area contributed by atoms with Gasteiger partial charge in [-0.3, -0.25) is 9.59 Å². The third-order valence-electron chi connectivity index (χ3n) is 3.27. The minimum Gasteiger partial charge on any atom is -0.360 e. The second-order valence-corrected chi connectivity index (χ2v) is 7.38. The zero-order valence-corrected chi connectivity index (χ0v) is 13.6. The van der Waals surface area contributed by atoms with Crippen molar-refractivity contribution in [2.75, 3.05) is 28.2 Å². The van der Waals surface area contributed by atoms with Gasteiger partial charge in [-0.2, -0.15) is 0 Å². The third kappa shape index (κ3) is 2.62. The average Bonchev–Trinajstić information content (AvgIpc) is 2.46. The van der Waals surface area contributed by atoms with Crippen LogP contribution >= 0.6 is 0 Å². The highest BCUT2D eigenvalue weighted by molar-refractivity contribution is 7.89. The Morgan fingerprint density at radius 1 is 1.14 bits per heavy atom. The van der Waals surface area contributed by atoms with E-state index in [1.807, 2.05) is 0 Å². The summed E-state index contributed by atoms with van der Waals surface area (Å²) < 4.78 is 25.4. The van der Waals surface area contributed by atoms with Gasteiger partial charge in [0.25, 0.3) is 5.91 Å². The van der Waals surface area contributed by atoms with Crippen molar-refractivity contribution in [3.63, 3.8) is 0 Å². The predicted molar refractivity (Wildman–Crippen MR) is 83.5 cm³/mol. The molecule has 2 rings (SSSR count). The zero-order valence-electron chi connectivity index (χ0n) is 12.7. The largest absolute Gasteiger partial charge is 0.360 e. The van der Waals surface area contributed by atoms with Crippen molar-refractivity contribution in [1.82, 2.24) is 14.2 Å². The molecule has 0 atom stereocenters. The van der Waals surface area contributed by atoms with E-state index >= 15 is 0 Å². The minimum atomic E-state index is -3.65. The number of amides is 1. The van der Waals surface area contributed by atoms with Crippen LogP contribution in [0.4, 0.5) is 0 Å². The fraction of sp³-hybridized carbons (Fsp3) is 0.286.